The molecule has 6 nitrogen and oxygen atoms in total. The number of aromatic nitrogens is 1. The van der Waals surface area contributed by atoms with E-state index in [2.05, 4.69) is 42.8 Å². The van der Waals surface area contributed by atoms with Gasteiger partial charge in [0.25, 0.3) is 0 Å². The molecule has 3 aromatic rings. The van der Waals surface area contributed by atoms with Crippen molar-refractivity contribution in [2.75, 3.05) is 18.5 Å². The average Bonchev–Trinajstić information content (AvgIpc) is 3.19. The number of amides is 1. The number of benzene rings is 2. The van der Waals surface area contributed by atoms with E-state index in [0.717, 1.165) is 54.6 Å². The van der Waals surface area contributed by atoms with E-state index < -0.39 is 5.41 Å². The number of carbonyl (C=O) groups is 1. The Bertz CT molecular complexity index is 1190. The number of phenolic OH excluding ortho intramolecular Hbond substituents is 2. The van der Waals surface area contributed by atoms with Gasteiger partial charge in [-0.05, 0) is 61.2 Å². The van der Waals surface area contributed by atoms with E-state index in [1.54, 1.807) is 6.07 Å². The largest absolute Gasteiger partial charge is 0.504 e. The van der Waals surface area contributed by atoms with E-state index in [4.69, 9.17) is 4.74 Å². The number of rotatable bonds is 4. The molecular weight excluding hydrogens is 404 g/mol. The Morgan fingerprint density at radius 2 is 1.88 bits per heavy atom. The third-order valence-electron chi connectivity index (χ3n) is 6.85. The van der Waals surface area contributed by atoms with E-state index in [9.17, 15) is 15.0 Å². The number of anilines is 1. The normalized spacial score (nSPS) is 19.9. The highest BCUT2D eigenvalue weighted by Crippen LogP contribution is 2.50. The fourth-order valence-electron chi connectivity index (χ4n) is 4.85. The molecule has 168 valence electrons. The minimum atomic E-state index is -0.649. The van der Waals surface area contributed by atoms with Crippen molar-refractivity contribution < 1.29 is 19.7 Å². The summed E-state index contributed by atoms with van der Waals surface area (Å²) in [4.78, 5) is 13.2. The number of fused-ring (bicyclic) bond motifs is 1. The third-order valence-corrected chi connectivity index (χ3v) is 6.85. The fourth-order valence-corrected chi connectivity index (χ4v) is 4.85. The molecule has 32 heavy (non-hydrogen) atoms. The van der Waals surface area contributed by atoms with E-state index in [1.165, 1.54) is 17.8 Å². The van der Waals surface area contributed by atoms with Crippen LogP contribution in [0.3, 0.4) is 0 Å². The van der Waals surface area contributed by atoms with Crippen LogP contribution in [-0.2, 0) is 20.4 Å². The Morgan fingerprint density at radius 3 is 2.50 bits per heavy atom. The van der Waals surface area contributed by atoms with Gasteiger partial charge in [0, 0.05) is 34.3 Å². The Hall–Kier alpha value is -2.99. The van der Waals surface area contributed by atoms with Crippen molar-refractivity contribution in [1.82, 2.24) is 4.57 Å². The molecular formula is C26H30N2O4. The Morgan fingerprint density at radius 1 is 1.09 bits per heavy atom. The summed E-state index contributed by atoms with van der Waals surface area (Å²) in [7, 11) is 0. The zero-order valence-corrected chi connectivity index (χ0v) is 18.8. The molecule has 2 aromatic carbocycles. The molecule has 1 aliphatic carbocycles. The van der Waals surface area contributed by atoms with Crippen molar-refractivity contribution in [3.05, 3.63) is 53.7 Å². The highest BCUT2D eigenvalue weighted by atomic mass is 16.5. The van der Waals surface area contributed by atoms with Crippen LogP contribution in [0.15, 0.2) is 42.5 Å². The van der Waals surface area contributed by atoms with Crippen LogP contribution in [0.5, 0.6) is 11.5 Å². The number of aromatic hydroxyl groups is 2. The van der Waals surface area contributed by atoms with E-state index in [-0.39, 0.29) is 22.8 Å². The molecule has 1 aromatic heterocycles. The van der Waals surface area contributed by atoms with Gasteiger partial charge in [0.15, 0.2) is 11.5 Å². The number of nitrogens with one attached hydrogen (secondary N) is 1. The van der Waals surface area contributed by atoms with E-state index in [1.807, 2.05) is 12.1 Å². The van der Waals surface area contributed by atoms with Crippen LogP contribution < -0.4 is 5.32 Å². The molecule has 1 atom stereocenters. The number of carbonyl (C=O) groups excluding carboxylic acids is 1. The van der Waals surface area contributed by atoms with Gasteiger partial charge < -0.3 is 24.8 Å². The van der Waals surface area contributed by atoms with E-state index >= 15 is 0 Å². The summed E-state index contributed by atoms with van der Waals surface area (Å²) >= 11 is 0. The van der Waals surface area contributed by atoms with Gasteiger partial charge in [-0.3, -0.25) is 4.79 Å². The van der Waals surface area contributed by atoms with Crippen molar-refractivity contribution in [2.45, 2.75) is 56.9 Å². The van der Waals surface area contributed by atoms with Crippen LogP contribution in [0, 0.1) is 0 Å². The summed E-state index contributed by atoms with van der Waals surface area (Å²) in [6, 6.07) is 13.3. The van der Waals surface area contributed by atoms with Crippen molar-refractivity contribution in [3.63, 3.8) is 0 Å². The summed E-state index contributed by atoms with van der Waals surface area (Å²) in [5.74, 6) is -0.459. The SMILES string of the molecule is CC(C)(C)c1cc2cc(NC(=O)C3(c4ccc(O)c(O)c4)CC3)ccc2n1C1CCOC1. The smallest absolute Gasteiger partial charge is 0.235 e. The standard InChI is InChI=1S/C26H30N2O4/c1-25(2,3)23-13-16-12-18(5-6-20(16)28(23)19-8-11-32-15-19)27-24(31)26(9-10-26)17-4-7-21(29)22(30)14-17/h4-7,12-14,19,29-30H,8-11,15H2,1-3H3,(H,27,31). The van der Waals surface area contributed by atoms with Crippen LogP contribution in [0.1, 0.15) is 57.3 Å². The highest BCUT2D eigenvalue weighted by molar-refractivity contribution is 6.02. The summed E-state index contributed by atoms with van der Waals surface area (Å²) in [6.07, 6.45) is 2.45. The average molecular weight is 435 g/mol. The highest BCUT2D eigenvalue weighted by Gasteiger charge is 2.51. The Labute approximate surface area is 187 Å². The molecule has 6 heteroatoms. The van der Waals surface area contributed by atoms with Gasteiger partial charge >= 0.3 is 0 Å². The minimum absolute atomic E-state index is 0.00996. The van der Waals surface area contributed by atoms with Crippen molar-refractivity contribution >= 4 is 22.5 Å². The molecule has 5 rings (SSSR count). The first-order chi connectivity index (χ1) is 15.2. The summed E-state index contributed by atoms with van der Waals surface area (Å²) in [6.45, 7) is 8.19. The van der Waals surface area contributed by atoms with Crippen LogP contribution in [0.25, 0.3) is 10.9 Å². The van der Waals surface area contributed by atoms with E-state index in [0.29, 0.717) is 6.04 Å². The third kappa shape index (κ3) is 3.43. The van der Waals surface area contributed by atoms with Gasteiger partial charge in [0.2, 0.25) is 5.91 Å². The molecule has 0 bridgehead atoms. The maximum Gasteiger partial charge on any atom is 0.235 e. The topological polar surface area (TPSA) is 83.7 Å². The summed E-state index contributed by atoms with van der Waals surface area (Å²) in [5.41, 5.74) is 3.26. The predicted molar refractivity (Wildman–Crippen MR) is 124 cm³/mol. The number of phenols is 2. The lowest BCUT2D eigenvalue weighted by Gasteiger charge is -2.25. The summed E-state index contributed by atoms with van der Waals surface area (Å²) < 4.78 is 8.08. The van der Waals surface area contributed by atoms with Crippen LogP contribution >= 0.6 is 0 Å². The zero-order valence-electron chi connectivity index (χ0n) is 18.8. The van der Waals surface area contributed by atoms with Crippen LogP contribution in [-0.4, -0.2) is 33.9 Å². The molecule has 2 aliphatic rings. The second-order valence-corrected chi connectivity index (χ2v) is 10.2. The van der Waals surface area contributed by atoms with Gasteiger partial charge in [0.05, 0.1) is 18.1 Å². The quantitative estimate of drug-likeness (QED) is 0.506. The first-order valence-electron chi connectivity index (χ1n) is 11.3. The monoisotopic (exact) mass is 434 g/mol. The lowest BCUT2D eigenvalue weighted by Crippen LogP contribution is -2.27. The molecule has 1 saturated carbocycles. The molecule has 3 N–H and O–H groups in total. The Balaban J connectivity index is 1.46. The Kier molecular flexibility index (Phi) is 4.75. The molecule has 0 spiro atoms. The van der Waals surface area contributed by atoms with Gasteiger partial charge in [-0.25, -0.2) is 0 Å². The number of hydrogen-bond acceptors (Lipinski definition) is 4. The zero-order chi connectivity index (χ0) is 22.7. The second kappa shape index (κ2) is 7.27. The van der Waals surface area contributed by atoms with Crippen molar-refractivity contribution in [2.24, 2.45) is 0 Å². The van der Waals surface area contributed by atoms with Crippen LogP contribution in [0.4, 0.5) is 5.69 Å². The molecule has 2 fully saturated rings. The summed E-state index contributed by atoms with van der Waals surface area (Å²) in [5, 5.41) is 23.7. The number of hydrogen-bond donors (Lipinski definition) is 3. The molecule has 0 radical (unpaired) electrons. The van der Waals surface area contributed by atoms with Crippen molar-refractivity contribution in [3.8, 4) is 11.5 Å². The lowest BCUT2D eigenvalue weighted by molar-refractivity contribution is -0.118. The fraction of sp³-hybridized carbons (Fsp3) is 0.423. The maximum absolute atomic E-state index is 13.2. The van der Waals surface area contributed by atoms with Crippen LogP contribution in [0.2, 0.25) is 0 Å². The van der Waals surface area contributed by atoms with Gasteiger partial charge in [0.1, 0.15) is 0 Å². The molecule has 1 saturated heterocycles. The molecule has 1 unspecified atom stereocenters. The lowest BCUT2D eigenvalue weighted by atomic mass is 9.91. The first kappa shape index (κ1) is 20.9. The number of ether oxygens (including phenoxy) is 1. The van der Waals surface area contributed by atoms with Gasteiger partial charge in [-0.2, -0.15) is 0 Å². The first-order valence-corrected chi connectivity index (χ1v) is 11.3. The number of nitrogens with zero attached hydrogens (tertiary/aromatic N) is 1. The molecule has 2 heterocycles. The minimum Gasteiger partial charge on any atom is -0.504 e. The van der Waals surface area contributed by atoms with Gasteiger partial charge in [-0.1, -0.05) is 26.8 Å². The molecule has 1 aliphatic heterocycles. The van der Waals surface area contributed by atoms with Crippen molar-refractivity contribution in [1.29, 1.82) is 0 Å². The maximum atomic E-state index is 13.2. The van der Waals surface area contributed by atoms with Gasteiger partial charge in [-0.15, -0.1) is 0 Å². The second-order valence-electron chi connectivity index (χ2n) is 10.2. The molecule has 1 amide bonds. The predicted octanol–water partition coefficient (Wildman–Crippen LogP) is 4.98.